The molecule has 8 aromatic carbocycles. The molecule has 1 heteroatoms. The third-order valence-corrected chi connectivity index (χ3v) is 7.56. The van der Waals surface area contributed by atoms with Gasteiger partial charge in [0, 0.05) is 10.8 Å². The summed E-state index contributed by atoms with van der Waals surface area (Å²) in [4.78, 5) is 0. The van der Waals surface area contributed by atoms with Crippen molar-refractivity contribution >= 4 is 54.3 Å². The molecule has 0 amide bonds. The molecule has 0 N–H and O–H groups in total. The van der Waals surface area contributed by atoms with E-state index >= 15 is 0 Å². The van der Waals surface area contributed by atoms with Crippen LogP contribution in [-0.4, -0.2) is 0 Å². The highest BCUT2D eigenvalue weighted by atomic mass is 16.3. The van der Waals surface area contributed by atoms with Crippen molar-refractivity contribution in [3.8, 4) is 33.4 Å². The molecule has 43 heavy (non-hydrogen) atoms. The van der Waals surface area contributed by atoms with Crippen molar-refractivity contribution in [2.75, 3.05) is 0 Å². The number of hydrogen-bond acceptors (Lipinski definition) is 1. The van der Waals surface area contributed by atoms with Crippen molar-refractivity contribution in [3.63, 3.8) is 0 Å². The lowest BCUT2D eigenvalue weighted by atomic mass is 9.84. The predicted octanol–water partition coefficient (Wildman–Crippen LogP) is 12.0. The molecule has 0 aliphatic rings. The summed E-state index contributed by atoms with van der Waals surface area (Å²) in [6.45, 7) is 0. The molecule has 9 aromatic rings. The van der Waals surface area contributed by atoms with Crippen LogP contribution in [0.4, 0.5) is 0 Å². The minimum atomic E-state index is -0.629. The Morgan fingerprint density at radius 1 is 0.372 bits per heavy atom. The van der Waals surface area contributed by atoms with Crippen molar-refractivity contribution in [1.29, 1.82) is 0 Å². The zero-order valence-electron chi connectivity index (χ0n) is 40.9. The second-order valence-electron chi connectivity index (χ2n) is 9.80. The van der Waals surface area contributed by atoms with E-state index in [1.807, 2.05) is 0 Å². The van der Waals surface area contributed by atoms with E-state index in [-0.39, 0.29) is 124 Å². The van der Waals surface area contributed by atoms with Crippen molar-refractivity contribution in [2.45, 2.75) is 0 Å². The molecule has 0 bridgehead atoms. The second kappa shape index (κ2) is 9.44. The van der Waals surface area contributed by atoms with Gasteiger partial charge in [-0.05, 0) is 77.8 Å². The highest BCUT2D eigenvalue weighted by Gasteiger charge is 2.20. The summed E-state index contributed by atoms with van der Waals surface area (Å²) in [5.74, 6) is 0. The molecule has 1 aromatic heterocycles. The Hall–Kier alpha value is -5.66. The lowest BCUT2D eigenvalue weighted by Crippen LogP contribution is -1.91. The molecule has 0 spiro atoms. The smallest absolute Gasteiger partial charge is 0.136 e. The SMILES string of the molecule is [2H]c1cc2c(-c3cc([2H])c(-c4c([2H])c([2H])c([2H])c5c([2H])c([2H])c([2H])cc45)c([2H])c3)c3cc([2H])c([2H])cc3c(-c3c([2H])c([2H])c([2H])c4oc5c([2H])c([2H])c([2H])c([2H])c5c34)c2cc1[2H]. The van der Waals surface area contributed by atoms with Gasteiger partial charge in [0.15, 0.2) is 0 Å². The van der Waals surface area contributed by atoms with E-state index in [0.717, 1.165) is 6.07 Å². The minimum absolute atomic E-state index is 0.0396. The van der Waals surface area contributed by atoms with Crippen LogP contribution in [0.25, 0.3) is 87.6 Å². The predicted molar refractivity (Wildman–Crippen MR) is 183 cm³/mol. The maximum Gasteiger partial charge on any atom is 0.136 e. The molecule has 0 aliphatic heterocycles. The van der Waals surface area contributed by atoms with E-state index in [1.54, 1.807) is 0 Å². The minimum Gasteiger partial charge on any atom is -0.456 e. The van der Waals surface area contributed by atoms with Crippen LogP contribution in [0, 0.1) is 0 Å². The van der Waals surface area contributed by atoms with Gasteiger partial charge in [-0.2, -0.15) is 0 Å². The molecule has 9 rings (SSSR count). The Labute approximate surface area is 275 Å². The number of fused-ring (bicyclic) bond motifs is 6. The molecule has 0 fully saturated rings. The fourth-order valence-corrected chi connectivity index (χ4v) is 5.75. The number of furan rings is 1. The van der Waals surface area contributed by atoms with Gasteiger partial charge in [-0.1, -0.05) is 145 Å². The highest BCUT2D eigenvalue weighted by molar-refractivity contribution is 6.25. The molecule has 200 valence electrons. The lowest BCUT2D eigenvalue weighted by Gasteiger charge is -2.18. The summed E-state index contributed by atoms with van der Waals surface area (Å²) in [6.07, 6.45) is 0. The number of rotatable bonds is 3. The third kappa shape index (κ3) is 3.65. The van der Waals surface area contributed by atoms with Crippen molar-refractivity contribution in [2.24, 2.45) is 0 Å². The Morgan fingerprint density at radius 3 is 1.70 bits per heavy atom. The molecule has 0 saturated carbocycles. The third-order valence-electron chi connectivity index (χ3n) is 7.56. The number of benzene rings is 8. The largest absolute Gasteiger partial charge is 0.456 e. The standard InChI is InChI=1S/C42H26O/c1-2-13-30-27(11-1)12-9-19-31(30)28-23-25-29(26-24-28)40-32-14-3-5-16-34(32)41(35-17-6-4-15-33(35)40)37-20-10-22-39-42(37)36-18-7-8-21-38(36)43-39/h1-26H/i1D,2D,3D,4D,5D,6D,7D,8D,9D,10D,11D,12D,18D,19D,20D,21D,22D,23D,24D. The zero-order chi connectivity index (χ0) is 44.9. The van der Waals surface area contributed by atoms with Crippen LogP contribution >= 0.6 is 0 Å². The Morgan fingerprint density at radius 2 is 0.930 bits per heavy atom. The summed E-state index contributed by atoms with van der Waals surface area (Å²) >= 11 is 0. The summed E-state index contributed by atoms with van der Waals surface area (Å²) in [6, 6.07) is -0.0315. The topological polar surface area (TPSA) is 13.1 Å². The first-order valence-electron chi connectivity index (χ1n) is 22.7. The summed E-state index contributed by atoms with van der Waals surface area (Å²) in [7, 11) is 0. The van der Waals surface area contributed by atoms with Crippen LogP contribution in [0.2, 0.25) is 0 Å². The van der Waals surface area contributed by atoms with E-state index in [1.165, 1.54) is 36.4 Å². The fourth-order valence-electron chi connectivity index (χ4n) is 5.75. The Balaban J connectivity index is 1.46. The summed E-state index contributed by atoms with van der Waals surface area (Å²) in [5.41, 5.74) is -0.732. The lowest BCUT2D eigenvalue weighted by molar-refractivity contribution is 0.669. The van der Waals surface area contributed by atoms with Crippen LogP contribution in [0.1, 0.15) is 26.0 Å². The van der Waals surface area contributed by atoms with Gasteiger partial charge in [-0.15, -0.1) is 0 Å². The first-order chi connectivity index (χ1) is 29.2. The summed E-state index contributed by atoms with van der Waals surface area (Å²) in [5, 5.41) is 0.102. The molecular weight excluding hydrogens is 520 g/mol. The van der Waals surface area contributed by atoms with Gasteiger partial charge in [0.25, 0.3) is 0 Å². The Bertz CT molecular complexity index is 3470. The van der Waals surface area contributed by atoms with Crippen LogP contribution in [-0.2, 0) is 0 Å². The molecule has 0 aliphatic carbocycles. The van der Waals surface area contributed by atoms with Crippen LogP contribution in [0.3, 0.4) is 0 Å². The van der Waals surface area contributed by atoms with Gasteiger partial charge in [0.05, 0.1) is 26.0 Å². The van der Waals surface area contributed by atoms with Gasteiger partial charge < -0.3 is 4.42 Å². The van der Waals surface area contributed by atoms with E-state index in [2.05, 4.69) is 0 Å². The van der Waals surface area contributed by atoms with Gasteiger partial charge in [0.2, 0.25) is 0 Å². The average molecular weight is 566 g/mol. The van der Waals surface area contributed by atoms with Crippen LogP contribution < -0.4 is 0 Å². The first kappa shape index (κ1) is 11.9. The second-order valence-corrected chi connectivity index (χ2v) is 9.80. The van der Waals surface area contributed by atoms with E-state index in [0.29, 0.717) is 0 Å². The van der Waals surface area contributed by atoms with Gasteiger partial charge in [-0.25, -0.2) is 0 Å². The normalized spacial score (nSPS) is 17.9. The molecule has 0 radical (unpaired) electrons. The Kier molecular flexibility index (Phi) is 2.61. The molecular formula is C42H26O. The van der Waals surface area contributed by atoms with Crippen molar-refractivity contribution in [3.05, 3.63) is 157 Å². The van der Waals surface area contributed by atoms with Gasteiger partial charge in [-0.3, -0.25) is 0 Å². The van der Waals surface area contributed by atoms with Crippen LogP contribution in [0.15, 0.2) is 162 Å². The maximum absolute atomic E-state index is 9.32. The van der Waals surface area contributed by atoms with E-state index in [4.69, 9.17) is 26.3 Å². The average Bonchev–Trinajstić information content (AvgIpc) is 3.62. The van der Waals surface area contributed by atoms with Gasteiger partial charge >= 0.3 is 0 Å². The fraction of sp³-hybridized carbons (Fsp3) is 0. The van der Waals surface area contributed by atoms with Crippen LogP contribution in [0.5, 0.6) is 0 Å². The quantitative estimate of drug-likeness (QED) is 0.194. The van der Waals surface area contributed by atoms with E-state index in [9.17, 15) is 4.11 Å². The number of para-hydroxylation sites is 1. The van der Waals surface area contributed by atoms with Gasteiger partial charge in [0.1, 0.15) is 11.2 Å². The monoisotopic (exact) mass is 565 g/mol. The molecule has 0 atom stereocenters. The van der Waals surface area contributed by atoms with Crippen molar-refractivity contribution < 1.29 is 30.5 Å². The number of hydrogen-bond donors (Lipinski definition) is 0. The molecule has 0 saturated heterocycles. The first-order valence-corrected chi connectivity index (χ1v) is 13.2. The highest BCUT2D eigenvalue weighted by Crippen LogP contribution is 2.47. The zero-order valence-corrected chi connectivity index (χ0v) is 21.9. The molecule has 0 unspecified atom stereocenters. The molecule has 1 heterocycles. The maximum atomic E-state index is 9.32. The molecule has 1 nitrogen and oxygen atoms in total. The van der Waals surface area contributed by atoms with Crippen molar-refractivity contribution in [1.82, 2.24) is 0 Å². The van der Waals surface area contributed by atoms with E-state index < -0.39 is 78.6 Å². The summed E-state index contributed by atoms with van der Waals surface area (Å²) < 4.78 is 171.